The van der Waals surface area contributed by atoms with Crippen molar-refractivity contribution in [3.8, 4) is 0 Å². The Morgan fingerprint density at radius 1 is 0.476 bits per heavy atom. The Morgan fingerprint density at radius 2 is 0.762 bits per heavy atom. The molecular formula is C37H39N3O2. The topological polar surface area (TPSA) is 77.4 Å². The third kappa shape index (κ3) is 6.20. The van der Waals surface area contributed by atoms with Crippen LogP contribution in [0, 0.1) is 0 Å². The third-order valence-corrected chi connectivity index (χ3v) is 8.15. The van der Waals surface area contributed by atoms with Gasteiger partial charge < -0.3 is 20.8 Å². The average molecular weight is 558 g/mol. The van der Waals surface area contributed by atoms with E-state index in [1.54, 1.807) is 0 Å². The number of aliphatic hydroxyl groups is 2. The first-order valence-corrected chi connectivity index (χ1v) is 14.5. The monoisotopic (exact) mass is 557 g/mol. The van der Waals surface area contributed by atoms with Crippen LogP contribution < -0.4 is 10.6 Å². The Balaban J connectivity index is 1.29. The molecule has 5 heteroatoms. The molecule has 214 valence electrons. The summed E-state index contributed by atoms with van der Waals surface area (Å²) >= 11 is 0. The van der Waals surface area contributed by atoms with E-state index < -0.39 is 11.2 Å². The van der Waals surface area contributed by atoms with Crippen molar-refractivity contribution in [3.63, 3.8) is 0 Å². The van der Waals surface area contributed by atoms with Crippen molar-refractivity contribution in [2.75, 3.05) is 0 Å². The highest BCUT2D eigenvalue weighted by Gasteiger charge is 2.38. The first kappa shape index (κ1) is 29.4. The molecule has 0 aliphatic carbocycles. The summed E-state index contributed by atoms with van der Waals surface area (Å²) in [6.07, 6.45) is 0. The molecule has 5 aromatic rings. The van der Waals surface area contributed by atoms with E-state index in [9.17, 15) is 10.2 Å². The van der Waals surface area contributed by atoms with Gasteiger partial charge in [-0.2, -0.15) is 0 Å². The molecule has 5 rings (SSSR count). The van der Waals surface area contributed by atoms with Crippen LogP contribution in [-0.2, 0) is 24.3 Å². The van der Waals surface area contributed by atoms with Crippen LogP contribution in [0.5, 0.6) is 0 Å². The molecular weight excluding hydrogens is 518 g/mol. The summed E-state index contributed by atoms with van der Waals surface area (Å²) in [5, 5.41) is 31.1. The number of rotatable bonds is 12. The van der Waals surface area contributed by atoms with Gasteiger partial charge >= 0.3 is 0 Å². The molecule has 42 heavy (non-hydrogen) atoms. The zero-order chi connectivity index (χ0) is 29.4. The molecule has 0 radical (unpaired) electrons. The molecule has 0 unspecified atom stereocenters. The molecule has 0 fully saturated rings. The predicted molar refractivity (Wildman–Crippen MR) is 169 cm³/mol. The second kappa shape index (κ2) is 13.2. The van der Waals surface area contributed by atoms with E-state index in [-0.39, 0.29) is 12.1 Å². The van der Waals surface area contributed by atoms with E-state index in [1.165, 1.54) is 0 Å². The lowest BCUT2D eigenvalue weighted by atomic mass is 9.81. The molecule has 0 saturated carbocycles. The van der Waals surface area contributed by atoms with Crippen LogP contribution in [0.15, 0.2) is 140 Å². The second-order valence-electron chi connectivity index (χ2n) is 10.8. The maximum atomic E-state index is 12.0. The van der Waals surface area contributed by atoms with Crippen LogP contribution in [0.3, 0.4) is 0 Å². The van der Waals surface area contributed by atoms with Gasteiger partial charge in [-0.3, -0.25) is 4.98 Å². The van der Waals surface area contributed by atoms with Gasteiger partial charge in [-0.15, -0.1) is 0 Å². The maximum absolute atomic E-state index is 12.0. The van der Waals surface area contributed by atoms with Gasteiger partial charge in [-0.25, -0.2) is 0 Å². The molecule has 0 spiro atoms. The molecule has 1 aromatic heterocycles. The minimum absolute atomic E-state index is 0.294. The second-order valence-corrected chi connectivity index (χ2v) is 10.8. The van der Waals surface area contributed by atoms with Gasteiger partial charge in [0.05, 0.1) is 11.4 Å². The molecule has 4 N–H and O–H groups in total. The van der Waals surface area contributed by atoms with Crippen LogP contribution in [0.25, 0.3) is 0 Å². The largest absolute Gasteiger partial charge is 0.379 e. The number of pyridine rings is 1. The fourth-order valence-corrected chi connectivity index (χ4v) is 5.64. The zero-order valence-electron chi connectivity index (χ0n) is 24.2. The van der Waals surface area contributed by atoms with Gasteiger partial charge in [0, 0.05) is 25.2 Å². The predicted octanol–water partition coefficient (Wildman–Crippen LogP) is 5.91. The van der Waals surface area contributed by atoms with Crippen molar-refractivity contribution in [3.05, 3.63) is 173 Å². The summed E-state index contributed by atoms with van der Waals surface area (Å²) in [5.41, 5.74) is 2.66. The SMILES string of the molecule is C[C@H](NCc1cccc(CN[C@@H](C)C(O)(c2ccccc2)c2ccccc2)n1)C(O)(c1ccccc1)c1ccccc1. The Bertz CT molecular complexity index is 1340. The minimum Gasteiger partial charge on any atom is -0.379 e. The van der Waals surface area contributed by atoms with Crippen molar-refractivity contribution in [1.29, 1.82) is 0 Å². The molecule has 0 aliphatic rings. The number of nitrogens with one attached hydrogen (secondary N) is 2. The van der Waals surface area contributed by atoms with Gasteiger partial charge in [0.25, 0.3) is 0 Å². The van der Waals surface area contributed by atoms with Crippen molar-refractivity contribution < 1.29 is 10.2 Å². The summed E-state index contributed by atoms with van der Waals surface area (Å²) < 4.78 is 0. The maximum Gasteiger partial charge on any atom is 0.130 e. The van der Waals surface area contributed by atoms with Gasteiger partial charge in [0.15, 0.2) is 0 Å². The molecule has 0 saturated heterocycles. The fourth-order valence-electron chi connectivity index (χ4n) is 5.64. The smallest absolute Gasteiger partial charge is 0.130 e. The number of nitrogens with zero attached hydrogens (tertiary/aromatic N) is 1. The van der Waals surface area contributed by atoms with Gasteiger partial charge in [0.1, 0.15) is 11.2 Å². The summed E-state index contributed by atoms with van der Waals surface area (Å²) in [6.45, 7) is 4.98. The molecule has 0 bridgehead atoms. The summed E-state index contributed by atoms with van der Waals surface area (Å²) in [7, 11) is 0. The third-order valence-electron chi connectivity index (χ3n) is 8.15. The normalized spacial score (nSPS) is 13.4. The van der Waals surface area contributed by atoms with Crippen molar-refractivity contribution >= 4 is 0 Å². The highest BCUT2D eigenvalue weighted by atomic mass is 16.3. The van der Waals surface area contributed by atoms with E-state index in [4.69, 9.17) is 4.98 Å². The van der Waals surface area contributed by atoms with E-state index in [1.807, 2.05) is 153 Å². The van der Waals surface area contributed by atoms with Crippen LogP contribution in [-0.4, -0.2) is 27.3 Å². The average Bonchev–Trinajstić information content (AvgIpc) is 3.07. The van der Waals surface area contributed by atoms with E-state index in [0.29, 0.717) is 13.1 Å². The minimum atomic E-state index is -1.21. The summed E-state index contributed by atoms with van der Waals surface area (Å²) in [6, 6.07) is 44.5. The van der Waals surface area contributed by atoms with Gasteiger partial charge in [-0.1, -0.05) is 127 Å². The van der Waals surface area contributed by atoms with Crippen LogP contribution >= 0.6 is 0 Å². The van der Waals surface area contributed by atoms with Crippen LogP contribution in [0.4, 0.5) is 0 Å². The molecule has 4 aromatic carbocycles. The van der Waals surface area contributed by atoms with E-state index in [2.05, 4.69) is 10.6 Å². The van der Waals surface area contributed by atoms with Crippen LogP contribution in [0.1, 0.15) is 47.5 Å². The van der Waals surface area contributed by atoms with Crippen molar-refractivity contribution in [2.24, 2.45) is 0 Å². The number of hydrogen-bond acceptors (Lipinski definition) is 5. The Labute approximate surface area is 248 Å². The fraction of sp³-hybridized carbons (Fsp3) is 0.216. The highest BCUT2D eigenvalue weighted by Crippen LogP contribution is 2.34. The molecule has 0 aliphatic heterocycles. The summed E-state index contributed by atoms with van der Waals surface area (Å²) in [5.74, 6) is 0. The lowest BCUT2D eigenvalue weighted by Gasteiger charge is -2.36. The number of aromatic nitrogens is 1. The first-order chi connectivity index (χ1) is 20.4. The van der Waals surface area contributed by atoms with Gasteiger partial charge in [-0.05, 0) is 48.2 Å². The zero-order valence-corrected chi connectivity index (χ0v) is 24.2. The lowest BCUT2D eigenvalue weighted by molar-refractivity contribution is 0.0428. The Morgan fingerprint density at radius 3 is 1.05 bits per heavy atom. The van der Waals surface area contributed by atoms with E-state index in [0.717, 1.165) is 33.6 Å². The van der Waals surface area contributed by atoms with Crippen LogP contribution in [0.2, 0.25) is 0 Å². The van der Waals surface area contributed by atoms with Crippen molar-refractivity contribution in [1.82, 2.24) is 15.6 Å². The summed E-state index contributed by atoms with van der Waals surface area (Å²) in [4.78, 5) is 4.88. The van der Waals surface area contributed by atoms with Crippen molar-refractivity contribution in [2.45, 2.75) is 50.2 Å². The lowest BCUT2D eigenvalue weighted by Crippen LogP contribution is -2.47. The highest BCUT2D eigenvalue weighted by molar-refractivity contribution is 5.39. The quantitative estimate of drug-likeness (QED) is 0.153. The number of hydrogen-bond donors (Lipinski definition) is 4. The standard InChI is InChI=1S/C37H39N3O2/c1-28(36(41,30-16-7-3-8-17-30)31-18-9-4-10-19-31)38-26-34-24-15-25-35(40-34)27-39-29(2)37(42,32-20-11-5-12-21-32)33-22-13-6-14-23-33/h3-25,28-29,38-39,41-42H,26-27H2,1-2H3/t28-,29-/m0/s1. The molecule has 2 atom stereocenters. The van der Waals surface area contributed by atoms with E-state index >= 15 is 0 Å². The molecule has 0 amide bonds. The molecule has 5 nitrogen and oxygen atoms in total. The Kier molecular flexibility index (Phi) is 9.25. The van der Waals surface area contributed by atoms with Gasteiger partial charge in [0.2, 0.25) is 0 Å². The number of benzene rings is 4. The molecule has 1 heterocycles. The Hall–Kier alpha value is -4.13. The first-order valence-electron chi connectivity index (χ1n) is 14.5.